The zero-order chi connectivity index (χ0) is 23.4. The minimum absolute atomic E-state index is 0.0348. The largest absolute Gasteiger partial charge is 0.493 e. The molecule has 0 aliphatic carbocycles. The molecular formula is C24H25BrN4O4. The van der Waals surface area contributed by atoms with Crippen LogP contribution < -0.4 is 19.5 Å². The minimum atomic E-state index is -0.0348. The van der Waals surface area contributed by atoms with E-state index in [0.717, 1.165) is 37.2 Å². The first kappa shape index (κ1) is 22.8. The average Bonchev–Trinajstić information content (AvgIpc) is 3.36. The highest BCUT2D eigenvalue weighted by Crippen LogP contribution is 2.36. The summed E-state index contributed by atoms with van der Waals surface area (Å²) in [4.78, 5) is 23.6. The van der Waals surface area contributed by atoms with Gasteiger partial charge in [-0.15, -0.1) is 0 Å². The second kappa shape index (κ2) is 10.1. The van der Waals surface area contributed by atoms with Crippen molar-refractivity contribution in [3.63, 3.8) is 0 Å². The van der Waals surface area contributed by atoms with Gasteiger partial charge in [-0.3, -0.25) is 4.79 Å². The highest BCUT2D eigenvalue weighted by atomic mass is 79.9. The lowest BCUT2D eigenvalue weighted by molar-refractivity contribution is 0.0790. The second-order valence-electron chi connectivity index (χ2n) is 7.60. The molecule has 0 atom stereocenters. The van der Waals surface area contributed by atoms with Gasteiger partial charge in [0.15, 0.2) is 11.5 Å². The molecule has 172 valence electrons. The van der Waals surface area contributed by atoms with Crippen LogP contribution in [-0.2, 0) is 0 Å². The number of para-hydroxylation sites is 1. The lowest BCUT2D eigenvalue weighted by Gasteiger charge is -2.18. The lowest BCUT2D eigenvalue weighted by Crippen LogP contribution is -2.27. The van der Waals surface area contributed by atoms with E-state index in [0.29, 0.717) is 39.1 Å². The van der Waals surface area contributed by atoms with Gasteiger partial charge in [-0.25, -0.2) is 4.98 Å². The van der Waals surface area contributed by atoms with Crippen LogP contribution >= 0.6 is 15.9 Å². The molecule has 2 aromatic carbocycles. The molecule has 1 aliphatic rings. The summed E-state index contributed by atoms with van der Waals surface area (Å²) < 4.78 is 17.5. The number of ether oxygens (including phenoxy) is 3. The number of halogens is 1. The average molecular weight is 513 g/mol. The van der Waals surface area contributed by atoms with E-state index < -0.39 is 0 Å². The van der Waals surface area contributed by atoms with E-state index in [1.54, 1.807) is 32.5 Å². The number of benzene rings is 2. The summed E-state index contributed by atoms with van der Waals surface area (Å²) in [6.07, 6.45) is 3.65. The van der Waals surface area contributed by atoms with Crippen molar-refractivity contribution < 1.29 is 19.0 Å². The Bertz CT molecular complexity index is 1170. The van der Waals surface area contributed by atoms with Crippen LogP contribution in [0, 0.1) is 6.92 Å². The van der Waals surface area contributed by atoms with Crippen LogP contribution in [-0.4, -0.2) is 48.1 Å². The number of amides is 1. The first-order chi connectivity index (χ1) is 16.0. The molecule has 1 amide bonds. The number of aryl methyl sites for hydroxylation is 1. The van der Waals surface area contributed by atoms with Gasteiger partial charge in [0.1, 0.15) is 5.75 Å². The second-order valence-corrected chi connectivity index (χ2v) is 8.45. The summed E-state index contributed by atoms with van der Waals surface area (Å²) in [6.45, 7) is 3.46. The molecular weight excluding hydrogens is 488 g/mol. The monoisotopic (exact) mass is 512 g/mol. The Kier molecular flexibility index (Phi) is 6.98. The molecule has 0 saturated carbocycles. The van der Waals surface area contributed by atoms with Gasteiger partial charge in [-0.2, -0.15) is 4.98 Å². The van der Waals surface area contributed by atoms with Crippen LogP contribution in [0.15, 0.2) is 47.1 Å². The summed E-state index contributed by atoms with van der Waals surface area (Å²) in [7, 11) is 3.19. The number of carbonyl (C=O) groups is 1. The third kappa shape index (κ3) is 5.03. The van der Waals surface area contributed by atoms with Crippen molar-refractivity contribution in [3.05, 3.63) is 58.2 Å². The number of rotatable bonds is 7. The smallest absolute Gasteiger partial charge is 0.257 e. The number of hydrogen-bond donors (Lipinski definition) is 1. The molecule has 1 saturated heterocycles. The van der Waals surface area contributed by atoms with Crippen LogP contribution in [0.5, 0.6) is 23.1 Å². The summed E-state index contributed by atoms with van der Waals surface area (Å²) in [6, 6.07) is 10.9. The van der Waals surface area contributed by atoms with Crippen molar-refractivity contribution in [2.45, 2.75) is 19.8 Å². The molecule has 0 unspecified atom stereocenters. The quantitative estimate of drug-likeness (QED) is 0.457. The maximum absolute atomic E-state index is 13.0. The maximum Gasteiger partial charge on any atom is 0.257 e. The van der Waals surface area contributed by atoms with E-state index in [1.807, 2.05) is 36.1 Å². The van der Waals surface area contributed by atoms with Crippen molar-refractivity contribution in [3.8, 4) is 23.1 Å². The third-order valence-electron chi connectivity index (χ3n) is 5.35. The van der Waals surface area contributed by atoms with Gasteiger partial charge in [-0.05, 0) is 59.5 Å². The highest BCUT2D eigenvalue weighted by molar-refractivity contribution is 9.10. The predicted octanol–water partition coefficient (Wildman–Crippen LogP) is 5.34. The van der Waals surface area contributed by atoms with E-state index in [9.17, 15) is 4.79 Å². The van der Waals surface area contributed by atoms with E-state index in [-0.39, 0.29) is 5.91 Å². The van der Waals surface area contributed by atoms with Gasteiger partial charge in [0, 0.05) is 24.8 Å². The number of nitrogens with one attached hydrogen (secondary N) is 1. The van der Waals surface area contributed by atoms with Gasteiger partial charge >= 0.3 is 0 Å². The fraction of sp³-hybridized carbons (Fsp3) is 0.292. The Morgan fingerprint density at radius 2 is 1.85 bits per heavy atom. The van der Waals surface area contributed by atoms with Gasteiger partial charge in [0.05, 0.1) is 30.5 Å². The molecule has 2 heterocycles. The number of methoxy groups -OCH3 is 2. The zero-order valence-corrected chi connectivity index (χ0v) is 20.3. The molecule has 33 heavy (non-hydrogen) atoms. The summed E-state index contributed by atoms with van der Waals surface area (Å²) in [5, 5.41) is 3.17. The number of likely N-dealkylation sites (tertiary alicyclic amines) is 1. The Labute approximate surface area is 201 Å². The van der Waals surface area contributed by atoms with E-state index >= 15 is 0 Å². The van der Waals surface area contributed by atoms with Crippen molar-refractivity contribution >= 4 is 33.5 Å². The molecule has 8 nitrogen and oxygen atoms in total. The fourth-order valence-corrected chi connectivity index (χ4v) is 4.04. The Balaban J connectivity index is 1.59. The van der Waals surface area contributed by atoms with Crippen LogP contribution in [0.3, 0.4) is 0 Å². The Morgan fingerprint density at radius 1 is 1.09 bits per heavy atom. The van der Waals surface area contributed by atoms with Gasteiger partial charge < -0.3 is 24.4 Å². The molecule has 4 rings (SSSR count). The number of nitrogens with zero attached hydrogens (tertiary/aromatic N) is 3. The summed E-state index contributed by atoms with van der Waals surface area (Å²) in [5.41, 5.74) is 2.15. The Morgan fingerprint density at radius 3 is 2.58 bits per heavy atom. The molecule has 0 radical (unpaired) electrons. The first-order valence-corrected chi connectivity index (χ1v) is 11.4. The minimum Gasteiger partial charge on any atom is -0.493 e. The molecule has 1 fully saturated rings. The maximum atomic E-state index is 13.0. The lowest BCUT2D eigenvalue weighted by atomic mass is 10.2. The Hall–Kier alpha value is -3.33. The predicted molar refractivity (Wildman–Crippen MR) is 129 cm³/mol. The number of aromatic nitrogens is 2. The number of hydrogen-bond acceptors (Lipinski definition) is 7. The SMILES string of the molecule is COc1cc(Nc2ncc(Br)c(Oc3ccccc3C(=O)N3CCCC3)n2)cc(C)c1OC. The highest BCUT2D eigenvalue weighted by Gasteiger charge is 2.23. The topological polar surface area (TPSA) is 85.8 Å². The first-order valence-electron chi connectivity index (χ1n) is 10.6. The van der Waals surface area contributed by atoms with Gasteiger partial charge in [0.2, 0.25) is 11.8 Å². The van der Waals surface area contributed by atoms with E-state index in [4.69, 9.17) is 14.2 Å². The summed E-state index contributed by atoms with van der Waals surface area (Å²) >= 11 is 3.44. The van der Waals surface area contributed by atoms with Crippen molar-refractivity contribution in [2.24, 2.45) is 0 Å². The van der Waals surface area contributed by atoms with Crippen molar-refractivity contribution in [1.29, 1.82) is 0 Å². The summed E-state index contributed by atoms with van der Waals surface area (Å²) in [5.74, 6) is 2.31. The molecule has 1 N–H and O–H groups in total. The third-order valence-corrected chi connectivity index (χ3v) is 5.89. The molecule has 1 aromatic heterocycles. The molecule has 1 aliphatic heterocycles. The number of anilines is 2. The van der Waals surface area contributed by atoms with Crippen molar-refractivity contribution in [1.82, 2.24) is 14.9 Å². The van der Waals surface area contributed by atoms with Crippen LogP contribution in [0.25, 0.3) is 0 Å². The zero-order valence-electron chi connectivity index (χ0n) is 18.7. The molecule has 9 heteroatoms. The fourth-order valence-electron chi connectivity index (χ4n) is 3.77. The molecule has 0 spiro atoms. The van der Waals surface area contributed by atoms with Crippen LogP contribution in [0.4, 0.5) is 11.6 Å². The number of carbonyl (C=O) groups excluding carboxylic acids is 1. The van der Waals surface area contributed by atoms with Crippen LogP contribution in [0.1, 0.15) is 28.8 Å². The molecule has 3 aromatic rings. The van der Waals surface area contributed by atoms with Crippen LogP contribution in [0.2, 0.25) is 0 Å². The van der Waals surface area contributed by atoms with E-state index in [2.05, 4.69) is 31.2 Å². The molecule has 0 bridgehead atoms. The van der Waals surface area contributed by atoms with Gasteiger partial charge in [0.25, 0.3) is 5.91 Å². The van der Waals surface area contributed by atoms with E-state index in [1.165, 1.54) is 0 Å². The standard InChI is InChI=1S/C24H25BrN4O4/c1-15-12-16(13-20(31-2)21(15)32-3)27-24-26-14-18(25)22(28-24)33-19-9-5-4-8-17(19)23(30)29-10-6-7-11-29/h4-5,8-9,12-14H,6-7,10-11H2,1-3H3,(H,26,27,28). The van der Waals surface area contributed by atoms with Crippen molar-refractivity contribution in [2.75, 3.05) is 32.6 Å². The van der Waals surface area contributed by atoms with Gasteiger partial charge in [-0.1, -0.05) is 12.1 Å². The normalized spacial score (nSPS) is 13.0.